The van der Waals surface area contributed by atoms with Crippen molar-refractivity contribution in [3.8, 4) is 34.5 Å². The molecule has 4 rings (SSSR count). The van der Waals surface area contributed by atoms with Crippen LogP contribution in [0.3, 0.4) is 0 Å². The molecular formula is C26H27FN8O4. The van der Waals surface area contributed by atoms with E-state index in [1.165, 1.54) is 43.8 Å². The molecule has 0 aliphatic rings. The lowest BCUT2D eigenvalue weighted by atomic mass is 10.2. The van der Waals surface area contributed by atoms with Crippen molar-refractivity contribution in [3.63, 3.8) is 0 Å². The number of primary amides is 1. The van der Waals surface area contributed by atoms with E-state index in [0.29, 0.717) is 29.4 Å². The summed E-state index contributed by atoms with van der Waals surface area (Å²) in [7, 11) is 5.35. The number of pyridine rings is 1. The Kier molecular flexibility index (Phi) is 8.31. The fourth-order valence-corrected chi connectivity index (χ4v) is 3.50. The van der Waals surface area contributed by atoms with Crippen molar-refractivity contribution in [2.45, 2.75) is 6.54 Å². The first kappa shape index (κ1) is 27.0. The highest BCUT2D eigenvalue weighted by Gasteiger charge is 2.16. The van der Waals surface area contributed by atoms with E-state index in [1.54, 1.807) is 24.5 Å². The van der Waals surface area contributed by atoms with Crippen molar-refractivity contribution in [1.82, 2.24) is 24.6 Å². The molecule has 39 heavy (non-hydrogen) atoms. The van der Waals surface area contributed by atoms with Crippen LogP contribution >= 0.6 is 0 Å². The minimum Gasteiger partial charge on any atom is -0.504 e. The van der Waals surface area contributed by atoms with Crippen LogP contribution in [0.2, 0.25) is 0 Å². The summed E-state index contributed by atoms with van der Waals surface area (Å²) in [5, 5.41) is 22.8. The first-order valence-electron chi connectivity index (χ1n) is 11.7. The third-order valence-electron chi connectivity index (χ3n) is 5.49. The number of likely N-dealkylation sites (N-methyl/N-ethyl adjacent to an activating group) is 1. The van der Waals surface area contributed by atoms with E-state index in [1.807, 2.05) is 23.6 Å². The number of phenols is 1. The number of ether oxygens (including phenoxy) is 2. The second-order valence-corrected chi connectivity index (χ2v) is 8.57. The minimum atomic E-state index is -0.929. The lowest BCUT2D eigenvalue weighted by molar-refractivity contribution is 0.254. The number of hydrazone groups is 1. The highest BCUT2D eigenvalue weighted by atomic mass is 19.1. The summed E-state index contributed by atoms with van der Waals surface area (Å²) in [6.07, 6.45) is 4.48. The Morgan fingerprint density at radius 2 is 2.00 bits per heavy atom. The van der Waals surface area contributed by atoms with Gasteiger partial charge in [-0.05, 0) is 56.1 Å². The van der Waals surface area contributed by atoms with Gasteiger partial charge in [0.25, 0.3) is 0 Å². The molecule has 4 aromatic rings. The highest BCUT2D eigenvalue weighted by molar-refractivity contribution is 5.93. The second-order valence-electron chi connectivity index (χ2n) is 8.57. The van der Waals surface area contributed by atoms with Gasteiger partial charge in [0.05, 0.1) is 19.0 Å². The summed E-state index contributed by atoms with van der Waals surface area (Å²) < 4.78 is 27.7. The van der Waals surface area contributed by atoms with E-state index in [9.17, 15) is 9.90 Å². The molecule has 0 saturated heterocycles. The van der Waals surface area contributed by atoms with E-state index in [0.717, 1.165) is 17.6 Å². The minimum absolute atomic E-state index is 0.0494. The molecular weight excluding hydrogens is 507 g/mol. The Morgan fingerprint density at radius 1 is 1.18 bits per heavy atom. The van der Waals surface area contributed by atoms with Gasteiger partial charge in [-0.2, -0.15) is 10.1 Å². The SMILES string of the molecule is COc1cc(/C=N/N(C(N)=O)c2ccc(Oc3ccnc(-c4nncn4CCN(C)C)c3)c(F)c2)ccc1O. The van der Waals surface area contributed by atoms with Crippen LogP contribution in [0.15, 0.2) is 66.2 Å². The number of amides is 2. The molecule has 0 fully saturated rings. The molecule has 2 heterocycles. The van der Waals surface area contributed by atoms with Gasteiger partial charge in [0.1, 0.15) is 17.8 Å². The number of urea groups is 1. The normalized spacial score (nSPS) is 11.2. The maximum atomic E-state index is 15.0. The first-order valence-corrected chi connectivity index (χ1v) is 11.7. The number of carbonyl (C=O) groups is 1. The molecule has 202 valence electrons. The maximum Gasteiger partial charge on any atom is 0.340 e. The average Bonchev–Trinajstić information content (AvgIpc) is 3.39. The van der Waals surface area contributed by atoms with Crippen molar-refractivity contribution in [2.24, 2.45) is 10.8 Å². The van der Waals surface area contributed by atoms with Crippen molar-refractivity contribution in [1.29, 1.82) is 0 Å². The molecule has 0 aliphatic heterocycles. The molecule has 0 aliphatic carbocycles. The zero-order valence-corrected chi connectivity index (χ0v) is 21.5. The summed E-state index contributed by atoms with van der Waals surface area (Å²) in [5.41, 5.74) is 6.58. The van der Waals surface area contributed by atoms with Crippen LogP contribution in [0.4, 0.5) is 14.9 Å². The molecule has 0 spiro atoms. The number of nitrogens with zero attached hydrogens (tertiary/aromatic N) is 7. The average molecular weight is 535 g/mol. The predicted molar refractivity (Wildman–Crippen MR) is 143 cm³/mol. The number of anilines is 1. The van der Waals surface area contributed by atoms with Crippen LogP contribution in [0.1, 0.15) is 5.56 Å². The van der Waals surface area contributed by atoms with Crippen molar-refractivity contribution in [2.75, 3.05) is 32.8 Å². The lowest BCUT2D eigenvalue weighted by Crippen LogP contribution is -2.31. The molecule has 2 aromatic carbocycles. The Bertz CT molecular complexity index is 1490. The first-order chi connectivity index (χ1) is 18.7. The van der Waals surface area contributed by atoms with Crippen molar-refractivity contribution < 1.29 is 23.8 Å². The van der Waals surface area contributed by atoms with Gasteiger partial charge in [-0.15, -0.1) is 10.2 Å². The van der Waals surface area contributed by atoms with Gasteiger partial charge in [0, 0.05) is 31.4 Å². The van der Waals surface area contributed by atoms with Crippen LogP contribution in [0.25, 0.3) is 11.5 Å². The van der Waals surface area contributed by atoms with Gasteiger partial charge in [0.15, 0.2) is 28.9 Å². The van der Waals surface area contributed by atoms with E-state index in [4.69, 9.17) is 15.2 Å². The van der Waals surface area contributed by atoms with E-state index in [2.05, 4.69) is 20.3 Å². The van der Waals surface area contributed by atoms with E-state index in [-0.39, 0.29) is 22.9 Å². The van der Waals surface area contributed by atoms with Crippen LogP contribution in [-0.2, 0) is 6.54 Å². The molecule has 0 unspecified atom stereocenters. The number of aromatic hydroxyl groups is 1. The van der Waals surface area contributed by atoms with Crippen LogP contribution < -0.4 is 20.2 Å². The number of methoxy groups -OCH3 is 1. The third kappa shape index (κ3) is 6.64. The molecule has 0 bridgehead atoms. The number of halogens is 1. The number of nitrogens with two attached hydrogens (primary N) is 1. The standard InChI is InChI=1S/C26H27FN8O4/c1-33(2)10-11-34-16-30-32-25(34)21-14-19(8-9-29-21)39-23-7-5-18(13-20(23)27)35(26(28)37)31-15-17-4-6-22(36)24(12-17)38-3/h4-9,12-16,36H,10-11H2,1-3H3,(H2,28,37)/b31-15+. The second kappa shape index (κ2) is 12.0. The fraction of sp³-hybridized carbons (Fsp3) is 0.192. The van der Waals surface area contributed by atoms with Gasteiger partial charge in [-0.25, -0.2) is 9.18 Å². The molecule has 12 nitrogen and oxygen atoms in total. The molecule has 2 aromatic heterocycles. The molecule has 2 amide bonds. The van der Waals surface area contributed by atoms with Gasteiger partial charge in [-0.1, -0.05) is 0 Å². The van der Waals surface area contributed by atoms with Crippen molar-refractivity contribution in [3.05, 3.63) is 72.4 Å². The van der Waals surface area contributed by atoms with E-state index >= 15 is 4.39 Å². The zero-order valence-electron chi connectivity index (χ0n) is 21.5. The zero-order chi connectivity index (χ0) is 27.9. The molecule has 0 atom stereocenters. The summed E-state index contributed by atoms with van der Waals surface area (Å²) >= 11 is 0. The van der Waals surface area contributed by atoms with Gasteiger partial charge in [0.2, 0.25) is 0 Å². The summed E-state index contributed by atoms with van der Waals surface area (Å²) in [6.45, 7) is 1.45. The van der Waals surface area contributed by atoms with Crippen LogP contribution in [0.5, 0.6) is 23.0 Å². The number of hydrogen-bond acceptors (Lipinski definition) is 9. The number of hydrogen-bond donors (Lipinski definition) is 2. The summed E-state index contributed by atoms with van der Waals surface area (Å²) in [6, 6.07) is 10.7. The number of rotatable bonds is 10. The smallest absolute Gasteiger partial charge is 0.340 e. The summed E-state index contributed by atoms with van der Waals surface area (Å²) in [4.78, 5) is 18.4. The summed E-state index contributed by atoms with van der Waals surface area (Å²) in [5.74, 6) is 0.241. The third-order valence-corrected chi connectivity index (χ3v) is 5.49. The highest BCUT2D eigenvalue weighted by Crippen LogP contribution is 2.30. The molecule has 13 heteroatoms. The lowest BCUT2D eigenvalue weighted by Gasteiger charge is -2.16. The number of phenolic OH excluding ortho intramolecular Hbond substituents is 1. The largest absolute Gasteiger partial charge is 0.504 e. The van der Waals surface area contributed by atoms with Gasteiger partial charge in [-0.3, -0.25) is 4.98 Å². The van der Waals surface area contributed by atoms with Crippen LogP contribution in [0, 0.1) is 5.82 Å². The van der Waals surface area contributed by atoms with Gasteiger partial charge < -0.3 is 29.8 Å². The van der Waals surface area contributed by atoms with Crippen molar-refractivity contribution >= 4 is 17.9 Å². The van der Waals surface area contributed by atoms with E-state index < -0.39 is 11.8 Å². The number of benzene rings is 2. The van der Waals surface area contributed by atoms with Gasteiger partial charge >= 0.3 is 6.03 Å². The molecule has 3 N–H and O–H groups in total. The Morgan fingerprint density at radius 3 is 2.72 bits per heavy atom. The molecule has 0 saturated carbocycles. The topological polar surface area (TPSA) is 144 Å². The fourth-order valence-electron chi connectivity index (χ4n) is 3.50. The monoisotopic (exact) mass is 534 g/mol. The molecule has 0 radical (unpaired) electrons. The Balaban J connectivity index is 1.53. The maximum absolute atomic E-state index is 15.0. The Labute approximate surface area is 223 Å². The Hall–Kier alpha value is -5.04. The predicted octanol–water partition coefficient (Wildman–Crippen LogP) is 3.47. The number of aromatic nitrogens is 4. The quantitative estimate of drug-likeness (QED) is 0.232. The van der Waals surface area contributed by atoms with Crippen LogP contribution in [-0.4, -0.2) is 69.8 Å². The number of carbonyl (C=O) groups excluding carboxylic acids is 1.